The van der Waals surface area contributed by atoms with Gasteiger partial charge in [0, 0.05) is 43.5 Å². The van der Waals surface area contributed by atoms with Crippen molar-refractivity contribution >= 4 is 34.5 Å². The van der Waals surface area contributed by atoms with Crippen LogP contribution in [0.1, 0.15) is 10.6 Å². The van der Waals surface area contributed by atoms with E-state index in [0.29, 0.717) is 6.61 Å². The lowest BCUT2D eigenvalue weighted by molar-refractivity contribution is -0.384. The molecule has 0 atom stereocenters. The molecule has 0 saturated carbocycles. The van der Waals surface area contributed by atoms with Gasteiger partial charge < -0.3 is 14.1 Å². The Morgan fingerprint density at radius 3 is 2.75 bits per heavy atom. The number of benzene rings is 1. The normalized spacial score (nSPS) is 16.8. The predicted molar refractivity (Wildman–Crippen MR) is 126 cm³/mol. The van der Waals surface area contributed by atoms with Crippen LogP contribution < -0.4 is 0 Å². The molecule has 2 aliphatic heterocycles. The second kappa shape index (κ2) is 9.07. The van der Waals surface area contributed by atoms with E-state index < -0.39 is 0 Å². The number of aromatic nitrogens is 1. The Morgan fingerprint density at radius 2 is 2.03 bits per heavy atom. The molecule has 0 amide bonds. The second-order valence-corrected chi connectivity index (χ2v) is 9.54. The quantitative estimate of drug-likeness (QED) is 0.174. The zero-order valence-corrected chi connectivity index (χ0v) is 19.2. The molecule has 0 aliphatic carbocycles. The molecule has 1 fully saturated rings. The molecule has 8 nitrogen and oxygen atoms in total. The number of nitro benzene ring substituents is 1. The molecule has 1 saturated heterocycles. The van der Waals surface area contributed by atoms with Crippen LogP contribution in [-0.4, -0.2) is 65.8 Å². The van der Waals surface area contributed by atoms with Gasteiger partial charge in [-0.3, -0.25) is 15.0 Å². The fraction of sp³-hybridized carbons (Fsp3) is 0.318. The van der Waals surface area contributed by atoms with E-state index in [1.807, 2.05) is 36.7 Å². The minimum Gasteiger partial charge on any atom is -0.394 e. The number of morpholine rings is 1. The van der Waals surface area contributed by atoms with E-state index in [4.69, 9.17) is 9.57 Å². The van der Waals surface area contributed by atoms with Gasteiger partial charge in [0.15, 0.2) is 0 Å². The van der Waals surface area contributed by atoms with Crippen LogP contribution in [0.2, 0.25) is 0 Å². The molecule has 0 radical (unpaired) electrons. The van der Waals surface area contributed by atoms with E-state index in [-0.39, 0.29) is 10.6 Å². The second-order valence-electron chi connectivity index (χ2n) is 7.44. The fourth-order valence-corrected chi connectivity index (χ4v) is 6.06. The van der Waals surface area contributed by atoms with Crippen molar-refractivity contribution in [1.82, 2.24) is 9.47 Å². The number of hydrogen-bond acceptors (Lipinski definition) is 8. The van der Waals surface area contributed by atoms with Crippen LogP contribution in [0, 0.1) is 10.1 Å². The minimum atomic E-state index is -0.375. The van der Waals surface area contributed by atoms with E-state index in [2.05, 4.69) is 14.6 Å². The number of thioether (sulfide) groups is 1. The SMILES string of the molecule is CSc1sc2c(c1-c1ccc([N+](=O)[O-])cc1)-n1cccc1/C2=N/OCCN1CCOCC1. The van der Waals surface area contributed by atoms with Crippen LogP contribution in [0.4, 0.5) is 5.69 Å². The number of hydrogen-bond donors (Lipinski definition) is 0. The summed E-state index contributed by atoms with van der Waals surface area (Å²) in [6, 6.07) is 10.8. The lowest BCUT2D eigenvalue weighted by atomic mass is 10.1. The molecule has 2 aromatic heterocycles. The van der Waals surface area contributed by atoms with Crippen LogP contribution in [0.15, 0.2) is 52.0 Å². The Labute approximate surface area is 193 Å². The zero-order chi connectivity index (χ0) is 22.1. The standard InChI is InChI=1S/C22H22N4O4S2/c1-31-22-18(15-4-6-16(7-5-15)26(27)28)20-21(32-22)19(17-3-2-8-25(17)20)23-30-14-11-24-9-12-29-13-10-24/h2-8H,9-14H2,1H3/b23-19-. The Kier molecular flexibility index (Phi) is 6.01. The van der Waals surface area contributed by atoms with Crippen molar-refractivity contribution in [2.75, 3.05) is 45.7 Å². The van der Waals surface area contributed by atoms with Crippen molar-refractivity contribution in [2.24, 2.45) is 5.16 Å². The summed E-state index contributed by atoms with van der Waals surface area (Å²) < 4.78 is 8.66. The van der Waals surface area contributed by atoms with Crippen LogP contribution in [0.5, 0.6) is 0 Å². The number of oxime groups is 1. The largest absolute Gasteiger partial charge is 0.394 e. The highest BCUT2D eigenvalue weighted by molar-refractivity contribution is 8.00. The van der Waals surface area contributed by atoms with Crippen LogP contribution >= 0.6 is 23.1 Å². The lowest BCUT2D eigenvalue weighted by Gasteiger charge is -2.25. The highest BCUT2D eigenvalue weighted by Crippen LogP contribution is 2.48. The number of ether oxygens (including phenoxy) is 1. The Balaban J connectivity index is 1.46. The smallest absolute Gasteiger partial charge is 0.269 e. The van der Waals surface area contributed by atoms with E-state index >= 15 is 0 Å². The Hall–Kier alpha value is -2.66. The first-order valence-electron chi connectivity index (χ1n) is 10.3. The van der Waals surface area contributed by atoms with Gasteiger partial charge in [0.1, 0.15) is 12.3 Å². The molecular weight excluding hydrogens is 448 g/mol. The summed E-state index contributed by atoms with van der Waals surface area (Å²) in [6.07, 6.45) is 4.07. The lowest BCUT2D eigenvalue weighted by Crippen LogP contribution is -2.38. The summed E-state index contributed by atoms with van der Waals surface area (Å²) in [6.45, 7) is 4.73. The number of rotatable bonds is 7. The zero-order valence-electron chi connectivity index (χ0n) is 17.5. The summed E-state index contributed by atoms with van der Waals surface area (Å²) in [4.78, 5) is 19.8. The summed E-state index contributed by atoms with van der Waals surface area (Å²) in [5.41, 5.74) is 5.00. The molecular formula is C22H22N4O4S2. The first-order valence-corrected chi connectivity index (χ1v) is 12.4. The van der Waals surface area contributed by atoms with Crippen molar-refractivity contribution in [3.63, 3.8) is 0 Å². The third kappa shape index (κ3) is 3.83. The number of fused-ring (bicyclic) bond motifs is 3. The topological polar surface area (TPSA) is 82.1 Å². The molecule has 3 aromatic rings. The predicted octanol–water partition coefficient (Wildman–Crippen LogP) is 4.25. The number of nitro groups is 1. The van der Waals surface area contributed by atoms with Gasteiger partial charge >= 0.3 is 0 Å². The van der Waals surface area contributed by atoms with Gasteiger partial charge in [-0.1, -0.05) is 5.16 Å². The van der Waals surface area contributed by atoms with E-state index in [1.54, 1.807) is 35.2 Å². The maximum atomic E-state index is 11.1. The van der Waals surface area contributed by atoms with Crippen molar-refractivity contribution in [1.29, 1.82) is 0 Å². The van der Waals surface area contributed by atoms with Gasteiger partial charge in [-0.25, -0.2) is 0 Å². The number of non-ortho nitro benzene ring substituents is 1. The molecule has 5 rings (SSSR count). The minimum absolute atomic E-state index is 0.0869. The third-order valence-corrected chi connectivity index (χ3v) is 7.91. The molecule has 0 bridgehead atoms. The molecule has 2 aliphatic rings. The first kappa shape index (κ1) is 21.2. The summed E-state index contributed by atoms with van der Waals surface area (Å²) in [5, 5.41) is 15.6. The number of nitrogens with zero attached hydrogens (tertiary/aromatic N) is 4. The van der Waals surface area contributed by atoms with Gasteiger partial charge in [-0.2, -0.15) is 0 Å². The highest BCUT2D eigenvalue weighted by atomic mass is 32.2. The van der Waals surface area contributed by atoms with Crippen LogP contribution in [0.25, 0.3) is 16.8 Å². The van der Waals surface area contributed by atoms with Gasteiger partial charge in [-0.05, 0) is 36.1 Å². The Bertz CT molecular complexity index is 1160. The molecule has 0 unspecified atom stereocenters. The first-order chi connectivity index (χ1) is 15.7. The van der Waals surface area contributed by atoms with Crippen molar-refractivity contribution in [3.05, 3.63) is 63.3 Å². The molecule has 10 heteroatoms. The van der Waals surface area contributed by atoms with Crippen LogP contribution in [-0.2, 0) is 9.57 Å². The van der Waals surface area contributed by atoms with Crippen LogP contribution in [0.3, 0.4) is 0 Å². The fourth-order valence-electron chi connectivity index (χ4n) is 4.02. The molecule has 4 heterocycles. The summed E-state index contributed by atoms with van der Waals surface area (Å²) >= 11 is 3.35. The Morgan fingerprint density at radius 1 is 1.25 bits per heavy atom. The van der Waals surface area contributed by atoms with Gasteiger partial charge in [0.2, 0.25) is 0 Å². The molecule has 166 valence electrons. The highest BCUT2D eigenvalue weighted by Gasteiger charge is 2.33. The van der Waals surface area contributed by atoms with E-state index in [1.165, 1.54) is 0 Å². The molecule has 32 heavy (non-hydrogen) atoms. The van der Waals surface area contributed by atoms with Crippen molar-refractivity contribution < 1.29 is 14.5 Å². The summed E-state index contributed by atoms with van der Waals surface area (Å²) in [7, 11) is 0. The molecule has 0 spiro atoms. The van der Waals surface area contributed by atoms with E-state index in [9.17, 15) is 10.1 Å². The average Bonchev–Trinajstić information content (AvgIpc) is 3.50. The monoisotopic (exact) mass is 470 g/mol. The maximum absolute atomic E-state index is 11.1. The molecule has 1 aromatic carbocycles. The maximum Gasteiger partial charge on any atom is 0.269 e. The van der Waals surface area contributed by atoms with Gasteiger partial charge in [-0.15, -0.1) is 23.1 Å². The number of thiophene rings is 1. The average molecular weight is 471 g/mol. The van der Waals surface area contributed by atoms with E-state index in [0.717, 1.165) is 70.2 Å². The molecule has 0 N–H and O–H groups in total. The summed E-state index contributed by atoms with van der Waals surface area (Å²) in [5.74, 6) is 0. The third-order valence-electron chi connectivity index (χ3n) is 5.61. The van der Waals surface area contributed by atoms with Gasteiger partial charge in [0.05, 0.1) is 38.6 Å². The van der Waals surface area contributed by atoms with Gasteiger partial charge in [0.25, 0.3) is 5.69 Å². The van der Waals surface area contributed by atoms with Crippen molar-refractivity contribution in [3.8, 4) is 16.8 Å². The van der Waals surface area contributed by atoms with Crippen molar-refractivity contribution in [2.45, 2.75) is 4.21 Å².